The minimum Gasteiger partial charge on any atom is -0.366 e. The molecule has 0 aromatic carbocycles. The molecule has 7 heteroatoms. The largest absolute Gasteiger partial charge is 0.366 e. The van der Waals surface area contributed by atoms with Crippen molar-refractivity contribution in [3.63, 3.8) is 0 Å². The SMILES string of the molecule is CC(C)Cc1nnc(NC(=O)/C=C\C(N)=O)s1. The van der Waals surface area contributed by atoms with Crippen molar-refractivity contribution < 1.29 is 9.59 Å². The van der Waals surface area contributed by atoms with Crippen molar-refractivity contribution in [2.24, 2.45) is 11.7 Å². The first-order chi connectivity index (χ1) is 7.97. The summed E-state index contributed by atoms with van der Waals surface area (Å²) in [5.74, 6) is -0.629. The lowest BCUT2D eigenvalue weighted by Crippen LogP contribution is -2.11. The number of nitrogens with one attached hydrogen (secondary N) is 1. The molecule has 0 fully saturated rings. The number of amides is 2. The number of aromatic nitrogens is 2. The number of anilines is 1. The van der Waals surface area contributed by atoms with Gasteiger partial charge >= 0.3 is 0 Å². The molecule has 2 amide bonds. The Labute approximate surface area is 103 Å². The molecule has 0 saturated heterocycles. The van der Waals surface area contributed by atoms with Crippen molar-refractivity contribution in [1.82, 2.24) is 10.2 Å². The number of nitrogens with two attached hydrogens (primary N) is 1. The van der Waals surface area contributed by atoms with Crippen molar-refractivity contribution in [2.45, 2.75) is 20.3 Å². The summed E-state index contributed by atoms with van der Waals surface area (Å²) in [5, 5.41) is 11.6. The normalized spacial score (nSPS) is 11.0. The maximum Gasteiger partial charge on any atom is 0.250 e. The van der Waals surface area contributed by atoms with Crippen LogP contribution in [0.1, 0.15) is 18.9 Å². The van der Waals surface area contributed by atoms with Crippen LogP contribution in [0, 0.1) is 5.92 Å². The van der Waals surface area contributed by atoms with Gasteiger partial charge in [-0.25, -0.2) is 0 Å². The van der Waals surface area contributed by atoms with Crippen molar-refractivity contribution in [2.75, 3.05) is 5.32 Å². The van der Waals surface area contributed by atoms with E-state index in [0.717, 1.165) is 23.6 Å². The van der Waals surface area contributed by atoms with Gasteiger partial charge in [0.15, 0.2) is 0 Å². The lowest BCUT2D eigenvalue weighted by Gasteiger charge is -1.97. The average molecular weight is 254 g/mol. The van der Waals surface area contributed by atoms with E-state index in [0.29, 0.717) is 11.0 Å². The third-order valence-electron chi connectivity index (χ3n) is 1.68. The van der Waals surface area contributed by atoms with E-state index in [2.05, 4.69) is 29.4 Å². The standard InChI is InChI=1S/C10H14N4O2S/c1-6(2)5-9-13-14-10(17-9)12-8(16)4-3-7(11)15/h3-4,6H,5H2,1-2H3,(H2,11,15)(H,12,14,16)/b4-3-. The molecular weight excluding hydrogens is 240 g/mol. The second kappa shape index (κ2) is 6.09. The first kappa shape index (κ1) is 13.3. The molecule has 0 aliphatic heterocycles. The highest BCUT2D eigenvalue weighted by Crippen LogP contribution is 2.17. The quantitative estimate of drug-likeness (QED) is 0.756. The Morgan fingerprint density at radius 2 is 2.12 bits per heavy atom. The zero-order chi connectivity index (χ0) is 12.8. The van der Waals surface area contributed by atoms with Crippen LogP contribution in [0.4, 0.5) is 5.13 Å². The van der Waals surface area contributed by atoms with Crippen LogP contribution in [0.3, 0.4) is 0 Å². The molecule has 0 aliphatic rings. The molecule has 1 aromatic heterocycles. The van der Waals surface area contributed by atoms with Gasteiger partial charge in [-0.1, -0.05) is 25.2 Å². The number of carbonyl (C=O) groups excluding carboxylic acids is 2. The molecule has 1 heterocycles. The highest BCUT2D eigenvalue weighted by atomic mass is 32.1. The van der Waals surface area contributed by atoms with Gasteiger partial charge in [0.25, 0.3) is 0 Å². The average Bonchev–Trinajstić information content (AvgIpc) is 2.61. The second-order valence-electron chi connectivity index (χ2n) is 3.82. The van der Waals surface area contributed by atoms with Gasteiger partial charge in [-0.05, 0) is 5.92 Å². The maximum absolute atomic E-state index is 11.3. The minimum absolute atomic E-state index is 0.416. The molecule has 0 spiro atoms. The summed E-state index contributed by atoms with van der Waals surface area (Å²) < 4.78 is 0. The van der Waals surface area contributed by atoms with E-state index in [9.17, 15) is 9.59 Å². The molecule has 3 N–H and O–H groups in total. The molecule has 0 atom stereocenters. The van der Waals surface area contributed by atoms with E-state index in [1.807, 2.05) is 0 Å². The Hall–Kier alpha value is -1.76. The lowest BCUT2D eigenvalue weighted by atomic mass is 10.1. The van der Waals surface area contributed by atoms with Gasteiger partial charge in [0.2, 0.25) is 16.9 Å². The first-order valence-corrected chi connectivity index (χ1v) is 5.90. The number of hydrogen-bond acceptors (Lipinski definition) is 5. The molecule has 0 saturated carbocycles. The molecule has 0 bridgehead atoms. The van der Waals surface area contributed by atoms with Crippen LogP contribution >= 0.6 is 11.3 Å². The van der Waals surface area contributed by atoms with Crippen molar-refractivity contribution in [3.05, 3.63) is 17.2 Å². The van der Waals surface area contributed by atoms with Crippen LogP contribution in [-0.2, 0) is 16.0 Å². The molecule has 0 unspecified atom stereocenters. The third-order valence-corrected chi connectivity index (χ3v) is 2.54. The van der Waals surface area contributed by atoms with Crippen molar-refractivity contribution in [1.29, 1.82) is 0 Å². The molecule has 6 nitrogen and oxygen atoms in total. The smallest absolute Gasteiger partial charge is 0.250 e. The molecule has 1 aromatic rings. The van der Waals surface area contributed by atoms with Crippen LogP contribution in [0.2, 0.25) is 0 Å². The summed E-state index contributed by atoms with van der Waals surface area (Å²) >= 11 is 1.32. The summed E-state index contributed by atoms with van der Waals surface area (Å²) in [6.45, 7) is 4.16. The molecule has 92 valence electrons. The van der Waals surface area contributed by atoms with Crippen LogP contribution in [0.15, 0.2) is 12.2 Å². The summed E-state index contributed by atoms with van der Waals surface area (Å²) in [4.78, 5) is 21.7. The monoisotopic (exact) mass is 254 g/mol. The Bertz CT molecular complexity index is 439. The van der Waals surface area contributed by atoms with Gasteiger partial charge in [0.05, 0.1) is 0 Å². The number of hydrogen-bond donors (Lipinski definition) is 2. The number of primary amides is 1. The summed E-state index contributed by atoms with van der Waals surface area (Å²) in [7, 11) is 0. The lowest BCUT2D eigenvalue weighted by molar-refractivity contribution is -0.115. The van der Waals surface area contributed by atoms with E-state index >= 15 is 0 Å². The van der Waals surface area contributed by atoms with Gasteiger partial charge in [0.1, 0.15) is 5.01 Å². The Morgan fingerprint density at radius 3 is 2.71 bits per heavy atom. The van der Waals surface area contributed by atoms with E-state index in [-0.39, 0.29) is 0 Å². The highest BCUT2D eigenvalue weighted by molar-refractivity contribution is 7.15. The predicted octanol–water partition coefficient (Wildman–Crippen LogP) is 0.717. The Balaban J connectivity index is 2.54. The Morgan fingerprint density at radius 1 is 1.41 bits per heavy atom. The number of rotatable bonds is 5. The fourth-order valence-corrected chi connectivity index (χ4v) is 2.00. The van der Waals surface area contributed by atoms with Gasteiger partial charge in [0, 0.05) is 18.6 Å². The number of carbonyl (C=O) groups is 2. The fraction of sp³-hybridized carbons (Fsp3) is 0.400. The van der Waals surface area contributed by atoms with Gasteiger partial charge in [-0.2, -0.15) is 0 Å². The van der Waals surface area contributed by atoms with Crippen molar-refractivity contribution in [3.8, 4) is 0 Å². The summed E-state index contributed by atoms with van der Waals surface area (Å²) in [6.07, 6.45) is 2.88. The van der Waals surface area contributed by atoms with E-state index in [1.165, 1.54) is 11.3 Å². The molecule has 1 rings (SSSR count). The van der Waals surface area contributed by atoms with Gasteiger partial charge in [-0.15, -0.1) is 10.2 Å². The maximum atomic E-state index is 11.3. The molecule has 17 heavy (non-hydrogen) atoms. The van der Waals surface area contributed by atoms with Crippen LogP contribution < -0.4 is 11.1 Å². The predicted molar refractivity (Wildman–Crippen MR) is 65.4 cm³/mol. The summed E-state index contributed by atoms with van der Waals surface area (Å²) in [6, 6.07) is 0. The van der Waals surface area contributed by atoms with Crippen LogP contribution in [0.25, 0.3) is 0 Å². The fourth-order valence-electron chi connectivity index (χ4n) is 1.04. The van der Waals surface area contributed by atoms with Crippen LogP contribution in [0.5, 0.6) is 0 Å². The molecule has 0 aliphatic carbocycles. The topological polar surface area (TPSA) is 98.0 Å². The third kappa shape index (κ3) is 5.21. The minimum atomic E-state index is -0.669. The zero-order valence-electron chi connectivity index (χ0n) is 9.64. The van der Waals surface area contributed by atoms with Crippen LogP contribution in [-0.4, -0.2) is 22.0 Å². The van der Waals surface area contributed by atoms with Gasteiger partial charge < -0.3 is 5.73 Å². The van der Waals surface area contributed by atoms with Gasteiger partial charge in [-0.3, -0.25) is 14.9 Å². The van der Waals surface area contributed by atoms with E-state index in [1.54, 1.807) is 0 Å². The molecular formula is C10H14N4O2S. The number of nitrogens with zero attached hydrogens (tertiary/aromatic N) is 2. The Kier molecular flexibility index (Phi) is 4.77. The zero-order valence-corrected chi connectivity index (χ0v) is 10.5. The van der Waals surface area contributed by atoms with E-state index in [4.69, 9.17) is 5.73 Å². The van der Waals surface area contributed by atoms with E-state index < -0.39 is 11.8 Å². The molecule has 0 radical (unpaired) electrons. The second-order valence-corrected chi connectivity index (χ2v) is 4.89. The van der Waals surface area contributed by atoms with Crippen molar-refractivity contribution >= 4 is 28.3 Å². The first-order valence-electron chi connectivity index (χ1n) is 5.08. The highest BCUT2D eigenvalue weighted by Gasteiger charge is 2.07. The summed E-state index contributed by atoms with van der Waals surface area (Å²) in [5.41, 5.74) is 4.86.